The molecule has 0 aliphatic rings. The average molecular weight is 187 g/mol. The maximum atomic E-state index is 5.39. The number of nitrogens with two attached hydrogens (primary N) is 1. The van der Waals surface area contributed by atoms with Gasteiger partial charge in [-0.25, -0.2) is 0 Å². The predicted molar refractivity (Wildman–Crippen MR) is 61.2 cm³/mol. The van der Waals surface area contributed by atoms with Gasteiger partial charge in [0.1, 0.15) is 0 Å². The van der Waals surface area contributed by atoms with Crippen LogP contribution in [0.2, 0.25) is 0 Å². The molecule has 0 aromatic heterocycles. The maximum absolute atomic E-state index is 5.39. The van der Waals surface area contributed by atoms with Crippen molar-refractivity contribution in [3.8, 4) is 11.8 Å². The molecule has 0 saturated heterocycles. The molecular weight excluding hydrogens is 170 g/mol. The summed E-state index contributed by atoms with van der Waals surface area (Å²) >= 11 is 0. The summed E-state index contributed by atoms with van der Waals surface area (Å²) in [4.78, 5) is 0. The lowest BCUT2D eigenvalue weighted by Gasteiger charge is -2.04. The van der Waals surface area contributed by atoms with Gasteiger partial charge in [-0.1, -0.05) is 29.5 Å². The number of benzene rings is 1. The topological polar surface area (TPSA) is 26.0 Å². The summed E-state index contributed by atoms with van der Waals surface area (Å²) in [6.45, 7) is 6.95. The van der Waals surface area contributed by atoms with E-state index in [4.69, 9.17) is 5.73 Å². The molecule has 0 unspecified atom stereocenters. The van der Waals surface area contributed by atoms with Gasteiger partial charge in [0.25, 0.3) is 0 Å². The number of rotatable bonds is 1. The zero-order valence-electron chi connectivity index (χ0n) is 9.15. The molecule has 0 amide bonds. The van der Waals surface area contributed by atoms with Crippen LogP contribution >= 0.6 is 0 Å². The molecule has 0 aliphatic heterocycles. The van der Waals surface area contributed by atoms with Crippen LogP contribution in [0.4, 0.5) is 0 Å². The van der Waals surface area contributed by atoms with E-state index in [-0.39, 0.29) is 0 Å². The molecule has 0 spiro atoms. The van der Waals surface area contributed by atoms with Gasteiger partial charge >= 0.3 is 0 Å². The number of hydrogen-bond donors (Lipinski definition) is 1. The van der Waals surface area contributed by atoms with Crippen molar-refractivity contribution < 1.29 is 0 Å². The van der Waals surface area contributed by atoms with Gasteiger partial charge in [0.05, 0.1) is 0 Å². The molecule has 1 rings (SSSR count). The van der Waals surface area contributed by atoms with Gasteiger partial charge in [-0.15, -0.1) is 0 Å². The van der Waals surface area contributed by atoms with Gasteiger partial charge in [-0.3, -0.25) is 0 Å². The monoisotopic (exact) mass is 187 g/mol. The van der Waals surface area contributed by atoms with E-state index < -0.39 is 0 Å². The molecule has 0 atom stereocenters. The van der Waals surface area contributed by atoms with Crippen molar-refractivity contribution in [2.24, 2.45) is 5.73 Å². The van der Waals surface area contributed by atoms with Gasteiger partial charge in [0.15, 0.2) is 0 Å². The van der Waals surface area contributed by atoms with Crippen molar-refractivity contribution in [3.05, 3.63) is 34.4 Å². The molecule has 0 saturated carbocycles. The second kappa shape index (κ2) is 4.83. The highest BCUT2D eigenvalue weighted by molar-refractivity contribution is 5.48. The molecule has 1 heteroatoms. The second-order valence-electron chi connectivity index (χ2n) is 3.61. The third kappa shape index (κ3) is 2.61. The van der Waals surface area contributed by atoms with Crippen LogP contribution in [-0.2, 0) is 0 Å². The highest BCUT2D eigenvalue weighted by Crippen LogP contribution is 2.14. The van der Waals surface area contributed by atoms with Crippen LogP contribution < -0.4 is 5.73 Å². The Morgan fingerprint density at radius 3 is 2.21 bits per heavy atom. The lowest BCUT2D eigenvalue weighted by molar-refractivity contribution is 1.03. The molecule has 1 aromatic rings. The van der Waals surface area contributed by atoms with E-state index >= 15 is 0 Å². The number of aryl methyl sites for hydroxylation is 3. The molecule has 14 heavy (non-hydrogen) atoms. The van der Waals surface area contributed by atoms with Crippen LogP contribution in [0.5, 0.6) is 0 Å². The standard InChI is InChI=1S/C13H17N/c1-10-8-11(2)13(12(3)9-10)6-4-5-7-14/h8-9H,5,7,14H2,1-3H3. The van der Waals surface area contributed by atoms with Crippen molar-refractivity contribution in [2.45, 2.75) is 27.2 Å². The van der Waals surface area contributed by atoms with Gasteiger partial charge in [-0.05, 0) is 31.9 Å². The van der Waals surface area contributed by atoms with E-state index in [0.29, 0.717) is 6.54 Å². The quantitative estimate of drug-likeness (QED) is 0.671. The highest BCUT2D eigenvalue weighted by Gasteiger charge is 1.99. The van der Waals surface area contributed by atoms with E-state index in [1.54, 1.807) is 0 Å². The SMILES string of the molecule is Cc1cc(C)c(C#CCCN)c(C)c1. The van der Waals surface area contributed by atoms with Crippen molar-refractivity contribution in [2.75, 3.05) is 6.54 Å². The highest BCUT2D eigenvalue weighted by atomic mass is 14.5. The molecule has 0 fully saturated rings. The second-order valence-corrected chi connectivity index (χ2v) is 3.61. The summed E-state index contributed by atoms with van der Waals surface area (Å²) in [6, 6.07) is 4.33. The van der Waals surface area contributed by atoms with Crippen LogP contribution in [0.3, 0.4) is 0 Å². The molecule has 1 aromatic carbocycles. The first kappa shape index (κ1) is 10.8. The molecule has 2 N–H and O–H groups in total. The third-order valence-corrected chi connectivity index (χ3v) is 2.16. The maximum Gasteiger partial charge on any atom is 0.0303 e. The Kier molecular flexibility index (Phi) is 3.73. The molecule has 0 aliphatic carbocycles. The third-order valence-electron chi connectivity index (χ3n) is 2.16. The Hall–Kier alpha value is -1.26. The fourth-order valence-electron chi connectivity index (χ4n) is 1.60. The molecule has 0 heterocycles. The summed E-state index contributed by atoms with van der Waals surface area (Å²) in [5.74, 6) is 6.26. The number of hydrogen-bond acceptors (Lipinski definition) is 1. The average Bonchev–Trinajstić information content (AvgIpc) is 2.09. The van der Waals surface area contributed by atoms with Crippen molar-refractivity contribution in [1.82, 2.24) is 0 Å². The van der Waals surface area contributed by atoms with Gasteiger partial charge in [0, 0.05) is 18.5 Å². The van der Waals surface area contributed by atoms with E-state index in [2.05, 4.69) is 44.7 Å². The van der Waals surface area contributed by atoms with Crippen molar-refractivity contribution >= 4 is 0 Å². The largest absolute Gasteiger partial charge is 0.330 e. The molecule has 0 radical (unpaired) electrons. The van der Waals surface area contributed by atoms with Crippen molar-refractivity contribution in [1.29, 1.82) is 0 Å². The zero-order chi connectivity index (χ0) is 10.6. The Balaban J connectivity index is 3.04. The Morgan fingerprint density at radius 2 is 1.71 bits per heavy atom. The van der Waals surface area contributed by atoms with E-state index in [0.717, 1.165) is 12.0 Å². The summed E-state index contributed by atoms with van der Waals surface area (Å²) < 4.78 is 0. The smallest absolute Gasteiger partial charge is 0.0303 e. The predicted octanol–water partition coefficient (Wildman–Crippen LogP) is 2.31. The fourth-order valence-corrected chi connectivity index (χ4v) is 1.60. The summed E-state index contributed by atoms with van der Waals surface area (Å²) in [7, 11) is 0. The van der Waals surface area contributed by atoms with Crippen LogP contribution in [-0.4, -0.2) is 6.54 Å². The van der Waals surface area contributed by atoms with Gasteiger partial charge < -0.3 is 5.73 Å². The van der Waals surface area contributed by atoms with Crippen LogP contribution in [0.1, 0.15) is 28.7 Å². The minimum absolute atomic E-state index is 0.636. The van der Waals surface area contributed by atoms with Gasteiger partial charge in [0.2, 0.25) is 0 Å². The Bertz CT molecular complexity index is 357. The van der Waals surface area contributed by atoms with E-state index in [1.165, 1.54) is 16.7 Å². The summed E-state index contributed by atoms with van der Waals surface area (Å²) in [5.41, 5.74) is 10.4. The Morgan fingerprint density at radius 1 is 1.14 bits per heavy atom. The van der Waals surface area contributed by atoms with Crippen LogP contribution in [0.25, 0.3) is 0 Å². The molecule has 1 nitrogen and oxygen atoms in total. The van der Waals surface area contributed by atoms with E-state index in [1.807, 2.05) is 0 Å². The minimum Gasteiger partial charge on any atom is -0.330 e. The Labute approximate surface area is 86.3 Å². The van der Waals surface area contributed by atoms with Gasteiger partial charge in [-0.2, -0.15) is 0 Å². The lowest BCUT2D eigenvalue weighted by atomic mass is 10.0. The lowest BCUT2D eigenvalue weighted by Crippen LogP contribution is -1.96. The molecule has 74 valence electrons. The first-order chi connectivity index (χ1) is 6.65. The minimum atomic E-state index is 0.636. The normalized spacial score (nSPS) is 9.43. The van der Waals surface area contributed by atoms with Crippen LogP contribution in [0.15, 0.2) is 12.1 Å². The molecular formula is C13H17N. The summed E-state index contributed by atoms with van der Waals surface area (Å²) in [5, 5.41) is 0. The van der Waals surface area contributed by atoms with E-state index in [9.17, 15) is 0 Å². The first-order valence-corrected chi connectivity index (χ1v) is 4.92. The van der Waals surface area contributed by atoms with Crippen LogP contribution in [0, 0.1) is 32.6 Å². The molecule has 0 bridgehead atoms. The van der Waals surface area contributed by atoms with Crippen molar-refractivity contribution in [3.63, 3.8) is 0 Å². The summed E-state index contributed by atoms with van der Waals surface area (Å²) in [6.07, 6.45) is 0.771. The first-order valence-electron chi connectivity index (χ1n) is 4.92. The zero-order valence-corrected chi connectivity index (χ0v) is 9.15. The fraction of sp³-hybridized carbons (Fsp3) is 0.385.